The van der Waals surface area contributed by atoms with Crippen LogP contribution in [0.15, 0.2) is 17.3 Å². The summed E-state index contributed by atoms with van der Waals surface area (Å²) in [6.45, 7) is 9.02. The van der Waals surface area contributed by atoms with Crippen molar-refractivity contribution >= 4 is 5.96 Å². The Morgan fingerprint density at radius 2 is 2.37 bits per heavy atom. The van der Waals surface area contributed by atoms with E-state index < -0.39 is 0 Å². The second-order valence-electron chi connectivity index (χ2n) is 5.05. The molecule has 0 saturated carbocycles. The fourth-order valence-electron chi connectivity index (χ4n) is 2.18. The van der Waals surface area contributed by atoms with Gasteiger partial charge in [-0.05, 0) is 38.0 Å². The lowest BCUT2D eigenvalue weighted by atomic mass is 10.1. The summed E-state index contributed by atoms with van der Waals surface area (Å²) in [4.78, 5) is 10.8. The highest BCUT2D eigenvalue weighted by Gasteiger charge is 2.17. The summed E-state index contributed by atoms with van der Waals surface area (Å²) >= 11 is 0. The van der Waals surface area contributed by atoms with Crippen molar-refractivity contribution in [3.63, 3.8) is 0 Å². The SMILES string of the molecule is Cc1cc(C)c(CN=C(N)N2CCOC(C)C2)cn1. The molecule has 0 radical (unpaired) electrons. The van der Waals surface area contributed by atoms with Gasteiger partial charge in [-0.1, -0.05) is 0 Å². The molecule has 19 heavy (non-hydrogen) atoms. The Morgan fingerprint density at radius 3 is 3.05 bits per heavy atom. The van der Waals surface area contributed by atoms with Crippen LogP contribution in [0.4, 0.5) is 0 Å². The zero-order valence-corrected chi connectivity index (χ0v) is 11.9. The van der Waals surface area contributed by atoms with E-state index in [9.17, 15) is 0 Å². The molecule has 1 fully saturated rings. The van der Waals surface area contributed by atoms with Gasteiger partial charge in [-0.3, -0.25) is 4.98 Å². The zero-order chi connectivity index (χ0) is 13.8. The smallest absolute Gasteiger partial charge is 0.191 e. The molecule has 0 amide bonds. The van der Waals surface area contributed by atoms with Gasteiger partial charge in [0.1, 0.15) is 0 Å². The van der Waals surface area contributed by atoms with Crippen molar-refractivity contribution in [2.24, 2.45) is 10.7 Å². The van der Waals surface area contributed by atoms with Gasteiger partial charge in [0.15, 0.2) is 5.96 Å². The molecular weight excluding hydrogens is 240 g/mol. The Balaban J connectivity index is 2.01. The number of pyridine rings is 1. The third kappa shape index (κ3) is 3.67. The maximum absolute atomic E-state index is 6.04. The normalized spacial score (nSPS) is 20.7. The Morgan fingerprint density at radius 1 is 1.58 bits per heavy atom. The molecule has 0 aliphatic carbocycles. The van der Waals surface area contributed by atoms with Crippen molar-refractivity contribution < 1.29 is 4.74 Å². The van der Waals surface area contributed by atoms with Crippen molar-refractivity contribution in [3.05, 3.63) is 29.1 Å². The first-order valence-electron chi connectivity index (χ1n) is 6.65. The van der Waals surface area contributed by atoms with Crippen LogP contribution in [0.5, 0.6) is 0 Å². The van der Waals surface area contributed by atoms with E-state index in [0.29, 0.717) is 19.1 Å². The van der Waals surface area contributed by atoms with Crippen LogP contribution in [0.25, 0.3) is 0 Å². The van der Waals surface area contributed by atoms with Crippen LogP contribution in [0.3, 0.4) is 0 Å². The van der Waals surface area contributed by atoms with E-state index in [1.165, 1.54) is 5.56 Å². The number of morpholine rings is 1. The average Bonchev–Trinajstić information content (AvgIpc) is 2.37. The van der Waals surface area contributed by atoms with Crippen LogP contribution in [-0.2, 0) is 11.3 Å². The van der Waals surface area contributed by atoms with Crippen LogP contribution >= 0.6 is 0 Å². The van der Waals surface area contributed by atoms with Crippen molar-refractivity contribution in [3.8, 4) is 0 Å². The van der Waals surface area contributed by atoms with Crippen molar-refractivity contribution in [2.45, 2.75) is 33.4 Å². The summed E-state index contributed by atoms with van der Waals surface area (Å²) in [5.74, 6) is 0.593. The maximum Gasteiger partial charge on any atom is 0.191 e. The first kappa shape index (κ1) is 13.8. The Hall–Kier alpha value is -1.62. The predicted octanol–water partition coefficient (Wildman–Crippen LogP) is 1.23. The van der Waals surface area contributed by atoms with E-state index in [2.05, 4.69) is 27.9 Å². The number of aromatic nitrogens is 1. The largest absolute Gasteiger partial charge is 0.375 e. The second kappa shape index (κ2) is 6.02. The van der Waals surface area contributed by atoms with Gasteiger partial charge in [0.2, 0.25) is 0 Å². The predicted molar refractivity (Wildman–Crippen MR) is 76.0 cm³/mol. The number of rotatable bonds is 2. The highest BCUT2D eigenvalue weighted by molar-refractivity contribution is 5.78. The molecule has 0 spiro atoms. The van der Waals surface area contributed by atoms with Crippen LogP contribution in [-0.4, -0.2) is 41.6 Å². The first-order chi connectivity index (χ1) is 9.06. The lowest BCUT2D eigenvalue weighted by Crippen LogP contribution is -2.47. The monoisotopic (exact) mass is 262 g/mol. The number of aliphatic imine (C=N–C) groups is 1. The van der Waals surface area contributed by atoms with Crippen LogP contribution in [0, 0.1) is 13.8 Å². The molecule has 104 valence electrons. The van der Waals surface area contributed by atoms with Crippen molar-refractivity contribution in [1.82, 2.24) is 9.88 Å². The molecule has 1 atom stereocenters. The highest BCUT2D eigenvalue weighted by Crippen LogP contribution is 2.10. The number of nitrogens with zero attached hydrogens (tertiary/aromatic N) is 3. The lowest BCUT2D eigenvalue weighted by molar-refractivity contribution is 0.00528. The van der Waals surface area contributed by atoms with Crippen LogP contribution < -0.4 is 5.73 Å². The third-order valence-corrected chi connectivity index (χ3v) is 3.33. The summed E-state index contributed by atoms with van der Waals surface area (Å²) in [5, 5.41) is 0. The quantitative estimate of drug-likeness (QED) is 0.643. The molecule has 1 aliphatic rings. The van der Waals surface area contributed by atoms with E-state index in [4.69, 9.17) is 10.5 Å². The molecule has 2 N–H and O–H groups in total. The molecule has 2 heterocycles. The molecule has 1 aromatic heterocycles. The fourth-order valence-corrected chi connectivity index (χ4v) is 2.18. The minimum atomic E-state index is 0.213. The van der Waals surface area contributed by atoms with E-state index in [0.717, 1.165) is 24.3 Å². The molecule has 0 aromatic carbocycles. The maximum atomic E-state index is 6.04. The summed E-state index contributed by atoms with van der Waals surface area (Å²) < 4.78 is 5.49. The van der Waals surface area contributed by atoms with E-state index in [-0.39, 0.29) is 6.10 Å². The number of hydrogen-bond donors (Lipinski definition) is 1. The van der Waals surface area contributed by atoms with Gasteiger partial charge in [0.05, 0.1) is 19.3 Å². The third-order valence-electron chi connectivity index (χ3n) is 3.33. The molecule has 1 aromatic rings. The first-order valence-corrected chi connectivity index (χ1v) is 6.65. The number of ether oxygens (including phenoxy) is 1. The molecule has 5 nitrogen and oxygen atoms in total. The minimum absolute atomic E-state index is 0.213. The van der Waals surface area contributed by atoms with Gasteiger partial charge in [-0.15, -0.1) is 0 Å². The van der Waals surface area contributed by atoms with Crippen LogP contribution in [0.2, 0.25) is 0 Å². The van der Waals surface area contributed by atoms with Gasteiger partial charge < -0.3 is 15.4 Å². The van der Waals surface area contributed by atoms with E-state index in [1.54, 1.807) is 0 Å². The molecule has 2 rings (SSSR count). The van der Waals surface area contributed by atoms with Crippen molar-refractivity contribution in [1.29, 1.82) is 0 Å². The summed E-state index contributed by atoms with van der Waals surface area (Å²) in [6.07, 6.45) is 2.09. The minimum Gasteiger partial charge on any atom is -0.375 e. The van der Waals surface area contributed by atoms with Gasteiger partial charge in [-0.25, -0.2) is 4.99 Å². The van der Waals surface area contributed by atoms with Crippen LogP contribution in [0.1, 0.15) is 23.7 Å². The molecule has 1 aliphatic heterocycles. The number of nitrogens with two attached hydrogens (primary N) is 1. The molecule has 1 saturated heterocycles. The fraction of sp³-hybridized carbons (Fsp3) is 0.571. The van der Waals surface area contributed by atoms with Gasteiger partial charge in [-0.2, -0.15) is 0 Å². The average molecular weight is 262 g/mol. The van der Waals surface area contributed by atoms with Gasteiger partial charge in [0.25, 0.3) is 0 Å². The summed E-state index contributed by atoms with van der Waals surface area (Å²) in [6, 6.07) is 2.07. The van der Waals surface area contributed by atoms with Gasteiger partial charge >= 0.3 is 0 Å². The Bertz CT molecular complexity index is 473. The summed E-state index contributed by atoms with van der Waals surface area (Å²) in [5.41, 5.74) is 9.39. The Kier molecular flexibility index (Phi) is 4.37. The van der Waals surface area contributed by atoms with E-state index in [1.807, 2.05) is 20.0 Å². The van der Waals surface area contributed by atoms with Gasteiger partial charge in [0, 0.05) is 25.0 Å². The molecule has 0 bridgehead atoms. The standard InChI is InChI=1S/C14H22N4O/c1-10-6-11(2)16-7-13(10)8-17-14(15)18-4-5-19-12(3)9-18/h6-7,12H,4-5,8-9H2,1-3H3,(H2,15,17). The number of aryl methyl sites for hydroxylation is 2. The second-order valence-corrected chi connectivity index (χ2v) is 5.05. The zero-order valence-electron chi connectivity index (χ0n) is 11.9. The topological polar surface area (TPSA) is 63.7 Å². The highest BCUT2D eigenvalue weighted by atomic mass is 16.5. The van der Waals surface area contributed by atoms with E-state index >= 15 is 0 Å². The number of guanidine groups is 1. The molecule has 5 heteroatoms. The number of hydrogen-bond acceptors (Lipinski definition) is 3. The molecule has 1 unspecified atom stereocenters. The van der Waals surface area contributed by atoms with Crippen molar-refractivity contribution in [2.75, 3.05) is 19.7 Å². The summed E-state index contributed by atoms with van der Waals surface area (Å²) in [7, 11) is 0. The molecular formula is C14H22N4O. The Labute approximate surface area is 114 Å². The lowest BCUT2D eigenvalue weighted by Gasteiger charge is -2.31.